The number of carboxylic acids is 1. The first-order chi connectivity index (χ1) is 11.0. The van der Waals surface area contributed by atoms with Crippen LogP contribution < -0.4 is 15.2 Å². The molecule has 1 atom stereocenters. The molecule has 0 bridgehead atoms. The molecule has 23 heavy (non-hydrogen) atoms. The average Bonchev–Trinajstić information content (AvgIpc) is 2.85. The zero-order valence-corrected chi connectivity index (χ0v) is 13.6. The minimum atomic E-state index is -1.27. The van der Waals surface area contributed by atoms with Gasteiger partial charge in [0.1, 0.15) is 5.75 Å². The van der Waals surface area contributed by atoms with Gasteiger partial charge in [0.05, 0.1) is 17.6 Å². The zero-order valence-electron chi connectivity index (χ0n) is 12.7. The molecule has 8 heteroatoms. The van der Waals surface area contributed by atoms with Crippen LogP contribution in [0.1, 0.15) is 25.8 Å². The fraction of sp³-hybridized carbons (Fsp3) is 0.333. The Bertz CT molecular complexity index is 655. The van der Waals surface area contributed by atoms with Crippen molar-refractivity contribution in [1.29, 1.82) is 0 Å². The van der Waals surface area contributed by atoms with Crippen molar-refractivity contribution >= 4 is 34.5 Å². The second kappa shape index (κ2) is 7.77. The monoisotopic (exact) mass is 334 g/mol. The van der Waals surface area contributed by atoms with Gasteiger partial charge in [-0.1, -0.05) is 11.8 Å². The van der Waals surface area contributed by atoms with Gasteiger partial charge in [-0.2, -0.15) is 5.10 Å². The number of amides is 1. The molecule has 0 spiro atoms. The molecule has 1 fully saturated rings. The quantitative estimate of drug-likeness (QED) is 0.604. The maximum absolute atomic E-state index is 11.6. The molecule has 1 saturated heterocycles. The Morgan fingerprint density at radius 1 is 1.39 bits per heavy atom. The molecule has 1 amide bonds. The number of hydrogen-bond donors (Lipinski definition) is 1. The van der Waals surface area contributed by atoms with E-state index in [1.54, 1.807) is 6.92 Å². The summed E-state index contributed by atoms with van der Waals surface area (Å²) in [6, 6.07) is 7.41. The Morgan fingerprint density at radius 3 is 2.70 bits per heavy atom. The first-order valence-corrected chi connectivity index (χ1v) is 7.90. The van der Waals surface area contributed by atoms with Gasteiger partial charge < -0.3 is 20.0 Å². The van der Waals surface area contributed by atoms with Crippen molar-refractivity contribution < 1.29 is 19.4 Å². The van der Waals surface area contributed by atoms with Crippen LogP contribution in [0.15, 0.2) is 34.5 Å². The highest BCUT2D eigenvalue weighted by Gasteiger charge is 2.30. The van der Waals surface area contributed by atoms with Gasteiger partial charge in [0.25, 0.3) is 0 Å². The first kappa shape index (κ1) is 17.0. The van der Waals surface area contributed by atoms with Crippen LogP contribution >= 0.6 is 11.8 Å². The minimum absolute atomic E-state index is 0.284. The molecule has 0 saturated carbocycles. The molecule has 1 heterocycles. The normalized spacial score (nSPS) is 19.7. The van der Waals surface area contributed by atoms with E-state index in [1.165, 1.54) is 0 Å². The van der Waals surface area contributed by atoms with Crippen LogP contribution in [0.25, 0.3) is 0 Å². The number of carboxylic acid groups (broad SMARTS) is 1. The second-order valence-corrected chi connectivity index (χ2v) is 5.91. The maximum Gasteiger partial charge on any atom is 0.239 e. The minimum Gasteiger partial charge on any atom is -0.550 e. The van der Waals surface area contributed by atoms with Gasteiger partial charge in [-0.05, 0) is 43.7 Å². The lowest BCUT2D eigenvalue weighted by atomic mass is 10.1. The summed E-state index contributed by atoms with van der Waals surface area (Å²) in [5.74, 6) is -0.890. The molecule has 1 N–H and O–H groups in total. The Labute approximate surface area is 137 Å². The molecule has 0 unspecified atom stereocenters. The lowest BCUT2D eigenvalue weighted by Crippen LogP contribution is -2.31. The SMILES string of the molecule is CCOc1ccc(/C(C)=N/N=C2\NC(=O)[C@H](CC(=O)[O-])S2)cc1. The summed E-state index contributed by atoms with van der Waals surface area (Å²) in [7, 11) is 0. The third kappa shape index (κ3) is 4.82. The number of thioether (sulfide) groups is 1. The van der Waals surface area contributed by atoms with Crippen molar-refractivity contribution in [2.24, 2.45) is 10.2 Å². The highest BCUT2D eigenvalue weighted by molar-refractivity contribution is 8.15. The Morgan fingerprint density at radius 2 is 2.09 bits per heavy atom. The lowest BCUT2D eigenvalue weighted by Gasteiger charge is -2.04. The van der Waals surface area contributed by atoms with E-state index >= 15 is 0 Å². The van der Waals surface area contributed by atoms with Crippen LogP contribution in [0.5, 0.6) is 5.75 Å². The Balaban J connectivity index is 2.03. The van der Waals surface area contributed by atoms with Crippen molar-refractivity contribution in [3.63, 3.8) is 0 Å². The third-order valence-corrected chi connectivity index (χ3v) is 4.07. The van der Waals surface area contributed by atoms with Crippen molar-refractivity contribution in [3.05, 3.63) is 29.8 Å². The number of hydrogen-bond acceptors (Lipinski definition) is 7. The largest absolute Gasteiger partial charge is 0.550 e. The van der Waals surface area contributed by atoms with Crippen molar-refractivity contribution in [1.82, 2.24) is 5.32 Å². The predicted octanol–water partition coefficient (Wildman–Crippen LogP) is 0.537. The highest BCUT2D eigenvalue weighted by Crippen LogP contribution is 2.22. The van der Waals surface area contributed by atoms with Crippen LogP contribution in [0.4, 0.5) is 0 Å². The molecule has 0 aliphatic carbocycles. The van der Waals surface area contributed by atoms with Gasteiger partial charge in [-0.25, -0.2) is 0 Å². The van der Waals surface area contributed by atoms with E-state index in [1.807, 2.05) is 31.2 Å². The number of aliphatic carboxylic acids is 1. The Kier molecular flexibility index (Phi) is 5.75. The van der Waals surface area contributed by atoms with Crippen molar-refractivity contribution in [2.45, 2.75) is 25.5 Å². The van der Waals surface area contributed by atoms with E-state index in [2.05, 4.69) is 15.5 Å². The summed E-state index contributed by atoms with van der Waals surface area (Å²) in [6.45, 7) is 4.31. The van der Waals surface area contributed by atoms with Crippen LogP contribution in [0.2, 0.25) is 0 Å². The average molecular weight is 334 g/mol. The third-order valence-electron chi connectivity index (χ3n) is 3.00. The van der Waals surface area contributed by atoms with E-state index in [0.717, 1.165) is 23.1 Å². The predicted molar refractivity (Wildman–Crippen MR) is 86.4 cm³/mol. The summed E-state index contributed by atoms with van der Waals surface area (Å²) in [5.41, 5.74) is 1.54. The van der Waals surface area contributed by atoms with Gasteiger partial charge in [0.15, 0.2) is 5.17 Å². The number of benzene rings is 1. The number of ether oxygens (including phenoxy) is 1. The summed E-state index contributed by atoms with van der Waals surface area (Å²) in [4.78, 5) is 22.1. The summed E-state index contributed by atoms with van der Waals surface area (Å²) in [6.07, 6.45) is -0.350. The molecule has 1 aromatic rings. The van der Waals surface area contributed by atoms with E-state index in [4.69, 9.17) is 4.74 Å². The van der Waals surface area contributed by atoms with E-state index in [9.17, 15) is 14.7 Å². The number of amidine groups is 1. The number of rotatable bonds is 6. The maximum atomic E-state index is 11.6. The van der Waals surface area contributed by atoms with Crippen LogP contribution in [-0.4, -0.2) is 34.6 Å². The molecule has 0 radical (unpaired) electrons. The van der Waals surface area contributed by atoms with Crippen molar-refractivity contribution in [3.8, 4) is 5.75 Å². The lowest BCUT2D eigenvalue weighted by molar-refractivity contribution is -0.305. The molecular formula is C15H16N3O4S-. The van der Waals surface area contributed by atoms with Gasteiger partial charge in [-0.15, -0.1) is 5.10 Å². The summed E-state index contributed by atoms with van der Waals surface area (Å²) < 4.78 is 5.37. The molecule has 2 rings (SSSR count). The van der Waals surface area contributed by atoms with Gasteiger partial charge in [-0.3, -0.25) is 4.79 Å². The molecule has 1 aliphatic rings. The zero-order chi connectivity index (χ0) is 16.8. The van der Waals surface area contributed by atoms with E-state index in [0.29, 0.717) is 12.3 Å². The smallest absolute Gasteiger partial charge is 0.239 e. The fourth-order valence-corrected chi connectivity index (χ4v) is 2.78. The number of carbonyl (C=O) groups is 2. The second-order valence-electron chi connectivity index (χ2n) is 4.72. The summed E-state index contributed by atoms with van der Waals surface area (Å²) in [5, 5.41) is 20.6. The molecule has 1 aromatic carbocycles. The van der Waals surface area contributed by atoms with E-state index in [-0.39, 0.29) is 11.6 Å². The van der Waals surface area contributed by atoms with Crippen LogP contribution in [-0.2, 0) is 9.59 Å². The van der Waals surface area contributed by atoms with Gasteiger partial charge >= 0.3 is 0 Å². The Hall–Kier alpha value is -2.35. The molecule has 122 valence electrons. The fourth-order valence-electron chi connectivity index (χ4n) is 1.88. The first-order valence-electron chi connectivity index (χ1n) is 7.02. The van der Waals surface area contributed by atoms with Crippen molar-refractivity contribution in [2.75, 3.05) is 6.61 Å². The highest BCUT2D eigenvalue weighted by atomic mass is 32.2. The van der Waals surface area contributed by atoms with Crippen LogP contribution in [0, 0.1) is 0 Å². The van der Waals surface area contributed by atoms with Gasteiger partial charge in [0.2, 0.25) is 5.91 Å². The van der Waals surface area contributed by atoms with Crippen LogP contribution in [0.3, 0.4) is 0 Å². The molecular weight excluding hydrogens is 318 g/mol. The topological polar surface area (TPSA) is 103 Å². The molecule has 7 nitrogen and oxygen atoms in total. The standard InChI is InChI=1S/C15H17N3O4S/c1-3-22-11-6-4-10(5-7-11)9(2)17-18-15-16-14(21)12(23-15)8-13(19)20/h4-7,12H,3,8H2,1-2H3,(H,19,20)(H,16,18,21)/p-1/b17-9+/t12-/m0/s1. The summed E-state index contributed by atoms with van der Waals surface area (Å²) >= 11 is 1.03. The van der Waals surface area contributed by atoms with E-state index < -0.39 is 17.1 Å². The van der Waals surface area contributed by atoms with Gasteiger partial charge in [0, 0.05) is 12.4 Å². The number of nitrogens with zero attached hydrogens (tertiary/aromatic N) is 2. The number of carbonyl (C=O) groups excluding carboxylic acids is 2. The molecule has 1 aliphatic heterocycles. The molecule has 0 aromatic heterocycles. The number of nitrogens with one attached hydrogen (secondary N) is 1.